The van der Waals surface area contributed by atoms with Gasteiger partial charge in [-0.05, 0) is 50.1 Å². The van der Waals surface area contributed by atoms with E-state index in [9.17, 15) is 9.59 Å². The number of rotatable bonds is 4. The first-order valence-corrected chi connectivity index (χ1v) is 9.28. The molecule has 3 N–H and O–H groups in total. The molecule has 0 spiro atoms. The van der Waals surface area contributed by atoms with Crippen LogP contribution in [0.1, 0.15) is 35.4 Å². The van der Waals surface area contributed by atoms with E-state index in [1.165, 1.54) is 10.9 Å². The largest absolute Gasteiger partial charge is 0.358 e. The van der Waals surface area contributed by atoms with Crippen LogP contribution in [0.25, 0.3) is 21.7 Å². The lowest BCUT2D eigenvalue weighted by atomic mass is 10.0. The Morgan fingerprint density at radius 3 is 2.64 bits per heavy atom. The first-order chi connectivity index (χ1) is 13.5. The van der Waals surface area contributed by atoms with Crippen molar-refractivity contribution < 1.29 is 4.79 Å². The lowest BCUT2D eigenvalue weighted by molar-refractivity contribution is -0.122. The van der Waals surface area contributed by atoms with Gasteiger partial charge in [0.25, 0.3) is 5.56 Å². The first-order valence-electron chi connectivity index (χ1n) is 9.28. The first kappa shape index (κ1) is 18.0. The number of benzene rings is 2. The lowest BCUT2D eigenvalue weighted by Crippen LogP contribution is -2.29. The highest BCUT2D eigenvalue weighted by Gasteiger charge is 2.20. The SMILES string of the molecule is Cc1[nH]c2ccc(CNC(=O)[C@H](C)c3n[nH]c(=O)c4ccccc34)cc2c1C. The maximum atomic E-state index is 12.7. The highest BCUT2D eigenvalue weighted by molar-refractivity contribution is 5.91. The van der Waals surface area contributed by atoms with Gasteiger partial charge in [0.1, 0.15) is 0 Å². The van der Waals surface area contributed by atoms with Gasteiger partial charge in [-0.15, -0.1) is 0 Å². The van der Waals surface area contributed by atoms with Crippen LogP contribution in [0.5, 0.6) is 0 Å². The van der Waals surface area contributed by atoms with Gasteiger partial charge in [-0.2, -0.15) is 5.10 Å². The molecule has 28 heavy (non-hydrogen) atoms. The summed E-state index contributed by atoms with van der Waals surface area (Å²) in [6.45, 7) is 6.38. The monoisotopic (exact) mass is 374 g/mol. The summed E-state index contributed by atoms with van der Waals surface area (Å²) >= 11 is 0. The molecule has 0 radical (unpaired) electrons. The van der Waals surface area contributed by atoms with E-state index in [0.29, 0.717) is 23.0 Å². The van der Waals surface area contributed by atoms with E-state index in [1.54, 1.807) is 19.1 Å². The minimum atomic E-state index is -0.485. The Kier molecular flexibility index (Phi) is 4.47. The predicted molar refractivity (Wildman–Crippen MR) is 110 cm³/mol. The zero-order valence-corrected chi connectivity index (χ0v) is 16.1. The molecule has 0 saturated heterocycles. The van der Waals surface area contributed by atoms with Crippen molar-refractivity contribution in [2.45, 2.75) is 33.2 Å². The summed E-state index contributed by atoms with van der Waals surface area (Å²) < 4.78 is 0. The summed E-state index contributed by atoms with van der Waals surface area (Å²) in [6, 6.07) is 13.4. The molecule has 0 aliphatic heterocycles. The second kappa shape index (κ2) is 6.96. The molecule has 0 aliphatic carbocycles. The van der Waals surface area contributed by atoms with Crippen LogP contribution >= 0.6 is 0 Å². The molecule has 0 unspecified atom stereocenters. The van der Waals surface area contributed by atoms with E-state index >= 15 is 0 Å². The molecule has 0 bridgehead atoms. The van der Waals surface area contributed by atoms with Crippen LogP contribution in [0.2, 0.25) is 0 Å². The number of H-pyrrole nitrogens is 2. The molecule has 1 amide bonds. The summed E-state index contributed by atoms with van der Waals surface area (Å²) in [5.41, 5.74) is 4.83. The molecule has 0 aliphatic rings. The number of carbonyl (C=O) groups is 1. The van der Waals surface area contributed by atoms with Crippen LogP contribution in [0.3, 0.4) is 0 Å². The molecular weight excluding hydrogens is 352 g/mol. The Hall–Kier alpha value is -3.41. The van der Waals surface area contributed by atoms with Crippen molar-refractivity contribution in [1.29, 1.82) is 0 Å². The van der Waals surface area contributed by atoms with Gasteiger partial charge in [0, 0.05) is 28.5 Å². The Morgan fingerprint density at radius 2 is 1.86 bits per heavy atom. The Balaban J connectivity index is 1.55. The fourth-order valence-corrected chi connectivity index (χ4v) is 3.55. The number of aromatic nitrogens is 3. The minimum Gasteiger partial charge on any atom is -0.358 e. The fraction of sp³-hybridized carbons (Fsp3) is 0.227. The Bertz CT molecular complexity index is 1250. The summed E-state index contributed by atoms with van der Waals surface area (Å²) in [6.07, 6.45) is 0. The molecule has 142 valence electrons. The summed E-state index contributed by atoms with van der Waals surface area (Å²) in [7, 11) is 0. The predicted octanol–water partition coefficient (Wildman–Crippen LogP) is 3.44. The van der Waals surface area contributed by atoms with Crippen LogP contribution in [0, 0.1) is 13.8 Å². The number of nitrogens with zero attached hydrogens (tertiary/aromatic N) is 1. The minimum absolute atomic E-state index is 0.133. The van der Waals surface area contributed by atoms with Crippen molar-refractivity contribution >= 4 is 27.6 Å². The molecule has 6 nitrogen and oxygen atoms in total. The maximum Gasteiger partial charge on any atom is 0.272 e. The zero-order valence-electron chi connectivity index (χ0n) is 16.1. The number of hydrogen-bond donors (Lipinski definition) is 3. The smallest absolute Gasteiger partial charge is 0.272 e. The van der Waals surface area contributed by atoms with Crippen molar-refractivity contribution in [3.8, 4) is 0 Å². The van der Waals surface area contributed by atoms with Gasteiger partial charge in [0.05, 0.1) is 17.0 Å². The van der Waals surface area contributed by atoms with Gasteiger partial charge < -0.3 is 10.3 Å². The molecule has 2 aromatic heterocycles. The van der Waals surface area contributed by atoms with Gasteiger partial charge in [-0.25, -0.2) is 5.10 Å². The maximum absolute atomic E-state index is 12.7. The van der Waals surface area contributed by atoms with Gasteiger partial charge in [-0.3, -0.25) is 9.59 Å². The zero-order chi connectivity index (χ0) is 19.8. The summed E-state index contributed by atoms with van der Waals surface area (Å²) in [4.78, 5) is 28.0. The molecule has 4 rings (SSSR count). The molecule has 2 heterocycles. The number of hydrogen-bond acceptors (Lipinski definition) is 3. The van der Waals surface area contributed by atoms with Gasteiger partial charge >= 0.3 is 0 Å². The van der Waals surface area contributed by atoms with Crippen LogP contribution < -0.4 is 10.9 Å². The normalized spacial score (nSPS) is 12.4. The lowest BCUT2D eigenvalue weighted by Gasteiger charge is -2.13. The fourth-order valence-electron chi connectivity index (χ4n) is 3.55. The third-order valence-electron chi connectivity index (χ3n) is 5.37. The number of amides is 1. The molecule has 2 aromatic carbocycles. The van der Waals surface area contributed by atoms with E-state index in [2.05, 4.69) is 40.4 Å². The standard InChI is InChI=1S/C22H22N4O2/c1-12-14(3)24-19-9-8-15(10-18(12)19)11-23-21(27)13(2)20-16-6-4-5-7-17(16)22(28)26-25-20/h4-10,13,24H,11H2,1-3H3,(H,23,27)(H,26,28)/t13-/m1/s1. The highest BCUT2D eigenvalue weighted by Crippen LogP contribution is 2.23. The molecule has 6 heteroatoms. The molecule has 4 aromatic rings. The van der Waals surface area contributed by atoms with E-state index in [4.69, 9.17) is 0 Å². The van der Waals surface area contributed by atoms with Crippen LogP contribution in [0.15, 0.2) is 47.3 Å². The second-order valence-electron chi connectivity index (χ2n) is 7.18. The highest BCUT2D eigenvalue weighted by atomic mass is 16.2. The Morgan fingerprint density at radius 1 is 1.11 bits per heavy atom. The van der Waals surface area contributed by atoms with Crippen molar-refractivity contribution in [1.82, 2.24) is 20.5 Å². The molecule has 0 fully saturated rings. The number of aryl methyl sites for hydroxylation is 2. The van der Waals surface area contributed by atoms with Gasteiger partial charge in [0.2, 0.25) is 5.91 Å². The van der Waals surface area contributed by atoms with E-state index < -0.39 is 5.92 Å². The summed E-state index contributed by atoms with van der Waals surface area (Å²) in [5, 5.41) is 12.0. The molecule has 1 atom stereocenters. The van der Waals surface area contributed by atoms with Crippen molar-refractivity contribution in [3.63, 3.8) is 0 Å². The van der Waals surface area contributed by atoms with Gasteiger partial charge in [-0.1, -0.05) is 24.3 Å². The average molecular weight is 374 g/mol. The number of fused-ring (bicyclic) bond motifs is 2. The summed E-state index contributed by atoms with van der Waals surface area (Å²) in [5.74, 6) is -0.617. The number of aromatic amines is 2. The van der Waals surface area contributed by atoms with E-state index in [0.717, 1.165) is 16.8 Å². The topological polar surface area (TPSA) is 90.6 Å². The number of carbonyl (C=O) groups excluding carboxylic acids is 1. The number of nitrogens with one attached hydrogen (secondary N) is 3. The molecular formula is C22H22N4O2. The van der Waals surface area contributed by atoms with Crippen molar-refractivity contribution in [2.24, 2.45) is 0 Å². The van der Waals surface area contributed by atoms with Crippen molar-refractivity contribution in [2.75, 3.05) is 0 Å². The van der Waals surface area contributed by atoms with Gasteiger partial charge in [0.15, 0.2) is 0 Å². The van der Waals surface area contributed by atoms with E-state index in [1.807, 2.05) is 24.3 Å². The quantitative estimate of drug-likeness (QED) is 0.511. The average Bonchev–Trinajstić information content (AvgIpc) is 2.99. The van der Waals surface area contributed by atoms with Crippen LogP contribution in [-0.4, -0.2) is 21.1 Å². The van der Waals surface area contributed by atoms with Crippen molar-refractivity contribution in [3.05, 3.63) is 75.3 Å². The molecule has 0 saturated carbocycles. The third kappa shape index (κ3) is 3.07. The van der Waals surface area contributed by atoms with E-state index in [-0.39, 0.29) is 11.5 Å². The second-order valence-corrected chi connectivity index (χ2v) is 7.18. The van der Waals surface area contributed by atoms with Crippen LogP contribution in [-0.2, 0) is 11.3 Å². The Labute approximate surface area is 162 Å². The van der Waals surface area contributed by atoms with Crippen LogP contribution in [0.4, 0.5) is 0 Å². The third-order valence-corrected chi connectivity index (χ3v) is 5.37.